The zero-order chi connectivity index (χ0) is 8.43. The molecule has 0 amide bonds. The minimum atomic E-state index is -1.25. The van der Waals surface area contributed by atoms with Crippen LogP contribution in [0.4, 0.5) is 8.78 Å². The molecule has 6 heteroatoms. The van der Waals surface area contributed by atoms with E-state index in [1.54, 1.807) is 0 Å². The minimum absolute atomic E-state index is 0.0129. The molecular formula is C5HClF2N2O. The predicted molar refractivity (Wildman–Crippen MR) is 32.3 cm³/mol. The average molecular weight is 179 g/mol. The van der Waals surface area contributed by atoms with E-state index in [0.29, 0.717) is 0 Å². The minimum Gasteiger partial charge on any atom is -0.298 e. The first kappa shape index (κ1) is 8.00. The maximum absolute atomic E-state index is 12.4. The summed E-state index contributed by atoms with van der Waals surface area (Å²) >= 11 is 5.06. The Morgan fingerprint density at radius 3 is 2.09 bits per heavy atom. The van der Waals surface area contributed by atoms with Crippen LogP contribution in [0, 0.1) is 11.9 Å². The van der Waals surface area contributed by atoms with Crippen molar-refractivity contribution in [1.29, 1.82) is 0 Å². The fraction of sp³-hybridized carbons (Fsp3) is 0. The van der Waals surface area contributed by atoms with Crippen molar-refractivity contribution >= 4 is 17.9 Å². The van der Waals surface area contributed by atoms with Gasteiger partial charge in [-0.3, -0.25) is 4.79 Å². The molecule has 1 rings (SSSR count). The summed E-state index contributed by atoms with van der Waals surface area (Å²) in [6.07, 6.45) is -0.0129. The Morgan fingerprint density at radius 1 is 1.27 bits per heavy atom. The molecule has 0 bridgehead atoms. The Kier molecular flexibility index (Phi) is 2.09. The lowest BCUT2D eigenvalue weighted by molar-refractivity contribution is 0.111. The summed E-state index contributed by atoms with van der Waals surface area (Å²) in [6.45, 7) is 0. The SMILES string of the molecule is O=Cc1c(F)nc(Cl)nc1F. The van der Waals surface area contributed by atoms with E-state index in [2.05, 4.69) is 9.97 Å². The van der Waals surface area contributed by atoms with Gasteiger partial charge in [-0.2, -0.15) is 18.7 Å². The van der Waals surface area contributed by atoms with Crippen molar-refractivity contribution in [3.8, 4) is 0 Å². The largest absolute Gasteiger partial charge is 0.298 e. The predicted octanol–water partition coefficient (Wildman–Crippen LogP) is 1.22. The van der Waals surface area contributed by atoms with E-state index in [4.69, 9.17) is 11.6 Å². The molecule has 0 aromatic carbocycles. The highest BCUT2D eigenvalue weighted by Crippen LogP contribution is 2.08. The number of rotatable bonds is 1. The normalized spacial score (nSPS) is 9.73. The lowest BCUT2D eigenvalue weighted by atomic mass is 10.4. The fourth-order valence-corrected chi connectivity index (χ4v) is 0.638. The molecular weight excluding hydrogens is 178 g/mol. The van der Waals surface area contributed by atoms with E-state index in [9.17, 15) is 13.6 Å². The third kappa shape index (κ3) is 1.48. The van der Waals surface area contributed by atoms with Gasteiger partial charge in [0.1, 0.15) is 5.56 Å². The van der Waals surface area contributed by atoms with Crippen LogP contribution < -0.4 is 0 Å². The number of carbonyl (C=O) groups is 1. The third-order valence-electron chi connectivity index (χ3n) is 0.943. The molecule has 1 aromatic heterocycles. The van der Waals surface area contributed by atoms with Gasteiger partial charge in [0.15, 0.2) is 6.29 Å². The van der Waals surface area contributed by atoms with Gasteiger partial charge in [-0.05, 0) is 11.6 Å². The van der Waals surface area contributed by atoms with Gasteiger partial charge in [0.2, 0.25) is 17.2 Å². The molecule has 1 aromatic rings. The first-order valence-electron chi connectivity index (χ1n) is 2.49. The van der Waals surface area contributed by atoms with Crippen LogP contribution >= 0.6 is 11.6 Å². The molecule has 0 saturated carbocycles. The van der Waals surface area contributed by atoms with Crippen LogP contribution in [0.25, 0.3) is 0 Å². The third-order valence-corrected chi connectivity index (χ3v) is 1.11. The van der Waals surface area contributed by atoms with Crippen LogP contribution in [0.5, 0.6) is 0 Å². The number of aldehydes is 1. The smallest absolute Gasteiger partial charge is 0.230 e. The van der Waals surface area contributed by atoms with E-state index in [-0.39, 0.29) is 6.29 Å². The maximum atomic E-state index is 12.4. The molecule has 0 aliphatic rings. The molecule has 0 atom stereocenters. The van der Waals surface area contributed by atoms with Crippen LogP contribution in [-0.2, 0) is 0 Å². The molecule has 0 N–H and O–H groups in total. The van der Waals surface area contributed by atoms with Crippen molar-refractivity contribution in [3.05, 3.63) is 22.7 Å². The number of carbonyl (C=O) groups excluding carboxylic acids is 1. The molecule has 0 saturated heterocycles. The van der Waals surface area contributed by atoms with Crippen molar-refractivity contribution in [2.24, 2.45) is 0 Å². The number of halogens is 3. The highest BCUT2D eigenvalue weighted by molar-refractivity contribution is 6.28. The van der Waals surface area contributed by atoms with Crippen LogP contribution in [0.1, 0.15) is 10.4 Å². The van der Waals surface area contributed by atoms with Crippen LogP contribution in [-0.4, -0.2) is 16.3 Å². The van der Waals surface area contributed by atoms with E-state index in [1.165, 1.54) is 0 Å². The van der Waals surface area contributed by atoms with Gasteiger partial charge in [-0.25, -0.2) is 0 Å². The van der Waals surface area contributed by atoms with E-state index >= 15 is 0 Å². The Labute approximate surface area is 65.0 Å². The second kappa shape index (κ2) is 2.87. The maximum Gasteiger partial charge on any atom is 0.230 e. The monoisotopic (exact) mass is 178 g/mol. The second-order valence-electron chi connectivity index (χ2n) is 1.61. The quantitative estimate of drug-likeness (QED) is 0.369. The highest BCUT2D eigenvalue weighted by Gasteiger charge is 2.11. The van der Waals surface area contributed by atoms with Gasteiger partial charge in [-0.15, -0.1) is 0 Å². The number of nitrogens with zero attached hydrogens (tertiary/aromatic N) is 2. The van der Waals surface area contributed by atoms with Gasteiger partial charge >= 0.3 is 0 Å². The lowest BCUT2D eigenvalue weighted by Gasteiger charge is -1.94. The van der Waals surface area contributed by atoms with Crippen LogP contribution in [0.2, 0.25) is 5.28 Å². The number of hydrogen-bond donors (Lipinski definition) is 0. The Morgan fingerprint density at radius 2 is 1.73 bits per heavy atom. The molecule has 0 aliphatic carbocycles. The summed E-state index contributed by atoms with van der Waals surface area (Å²) < 4.78 is 24.8. The van der Waals surface area contributed by atoms with Crippen molar-refractivity contribution in [2.45, 2.75) is 0 Å². The molecule has 0 radical (unpaired) electrons. The zero-order valence-electron chi connectivity index (χ0n) is 5.01. The molecule has 0 spiro atoms. The first-order chi connectivity index (χ1) is 5.15. The average Bonchev–Trinajstić information content (AvgIpc) is 1.85. The van der Waals surface area contributed by atoms with Gasteiger partial charge < -0.3 is 0 Å². The van der Waals surface area contributed by atoms with Crippen LogP contribution in [0.3, 0.4) is 0 Å². The molecule has 3 nitrogen and oxygen atoms in total. The van der Waals surface area contributed by atoms with E-state index < -0.39 is 22.7 Å². The summed E-state index contributed by atoms with van der Waals surface area (Å²) in [4.78, 5) is 15.8. The molecule has 0 fully saturated rings. The summed E-state index contributed by atoms with van der Waals surface area (Å²) in [5.41, 5.74) is -0.811. The molecule has 58 valence electrons. The van der Waals surface area contributed by atoms with Gasteiger partial charge in [0.05, 0.1) is 0 Å². The van der Waals surface area contributed by atoms with Crippen LogP contribution in [0.15, 0.2) is 0 Å². The van der Waals surface area contributed by atoms with Crippen molar-refractivity contribution in [1.82, 2.24) is 9.97 Å². The Hall–Kier alpha value is -1.10. The number of hydrogen-bond acceptors (Lipinski definition) is 3. The van der Waals surface area contributed by atoms with Crippen molar-refractivity contribution in [3.63, 3.8) is 0 Å². The van der Waals surface area contributed by atoms with Gasteiger partial charge in [0.25, 0.3) is 0 Å². The molecule has 0 aliphatic heterocycles. The zero-order valence-corrected chi connectivity index (χ0v) is 5.77. The summed E-state index contributed by atoms with van der Waals surface area (Å²) in [6, 6.07) is 0. The standard InChI is InChI=1S/C5HClF2N2O/c6-5-9-3(7)2(1-11)4(8)10-5/h1H. The van der Waals surface area contributed by atoms with E-state index in [0.717, 1.165) is 0 Å². The first-order valence-corrected chi connectivity index (χ1v) is 2.86. The summed E-state index contributed by atoms with van der Waals surface area (Å²) in [7, 11) is 0. The van der Waals surface area contributed by atoms with Gasteiger partial charge in [-0.1, -0.05) is 0 Å². The molecule has 1 heterocycles. The topological polar surface area (TPSA) is 42.9 Å². The Balaban J connectivity index is 3.36. The molecule has 0 unspecified atom stereocenters. The fourth-order valence-electron chi connectivity index (χ4n) is 0.490. The van der Waals surface area contributed by atoms with Crippen molar-refractivity contribution in [2.75, 3.05) is 0 Å². The second-order valence-corrected chi connectivity index (χ2v) is 1.94. The number of aromatic nitrogens is 2. The highest BCUT2D eigenvalue weighted by atomic mass is 35.5. The summed E-state index contributed by atoms with van der Waals surface area (Å²) in [5, 5.41) is -0.564. The lowest BCUT2D eigenvalue weighted by Crippen LogP contribution is -2.00. The van der Waals surface area contributed by atoms with Crippen molar-refractivity contribution < 1.29 is 13.6 Å². The molecule has 11 heavy (non-hydrogen) atoms. The Bertz CT molecular complexity index is 282. The van der Waals surface area contributed by atoms with E-state index in [1.807, 2.05) is 0 Å². The van der Waals surface area contributed by atoms with Gasteiger partial charge in [0, 0.05) is 0 Å². The summed E-state index contributed by atoms with van der Waals surface area (Å²) in [5.74, 6) is -2.50.